The van der Waals surface area contributed by atoms with Crippen LogP contribution in [-0.2, 0) is 17.8 Å². The van der Waals surface area contributed by atoms with Gasteiger partial charge in [-0.05, 0) is 29.8 Å². The number of nitrogens with one attached hydrogen (secondary N) is 1. The maximum Gasteiger partial charge on any atom is 0.231 e. The Morgan fingerprint density at radius 2 is 1.83 bits per heavy atom. The number of pyridine rings is 2. The predicted molar refractivity (Wildman–Crippen MR) is 113 cm³/mol. The largest absolute Gasteiger partial charge is 0.485 e. The highest BCUT2D eigenvalue weighted by molar-refractivity contribution is 7.13. The summed E-state index contributed by atoms with van der Waals surface area (Å²) in [4.78, 5) is 25.3. The van der Waals surface area contributed by atoms with Gasteiger partial charge in [0.25, 0.3) is 0 Å². The first-order valence-electron chi connectivity index (χ1n) is 9.04. The van der Waals surface area contributed by atoms with Gasteiger partial charge in [-0.2, -0.15) is 0 Å². The number of hydrogen-bond donors (Lipinski definition) is 1. The minimum absolute atomic E-state index is 0.170. The first kappa shape index (κ1) is 18.8. The summed E-state index contributed by atoms with van der Waals surface area (Å²) in [6, 6.07) is 17.2. The number of rotatable bonds is 7. The van der Waals surface area contributed by atoms with Gasteiger partial charge in [0.1, 0.15) is 11.6 Å². The van der Waals surface area contributed by atoms with E-state index in [-0.39, 0.29) is 12.3 Å². The number of carbonyl (C=O) groups excluding carboxylic acids is 1. The van der Waals surface area contributed by atoms with E-state index in [0.717, 1.165) is 21.8 Å². The van der Waals surface area contributed by atoms with Crippen LogP contribution < -0.4 is 10.1 Å². The highest BCUT2D eigenvalue weighted by atomic mass is 32.1. The van der Waals surface area contributed by atoms with E-state index in [1.54, 1.807) is 30.7 Å². The van der Waals surface area contributed by atoms with Gasteiger partial charge in [-0.25, -0.2) is 9.97 Å². The van der Waals surface area contributed by atoms with Gasteiger partial charge < -0.3 is 10.1 Å². The van der Waals surface area contributed by atoms with E-state index in [9.17, 15) is 4.79 Å². The van der Waals surface area contributed by atoms with Crippen molar-refractivity contribution in [3.63, 3.8) is 0 Å². The van der Waals surface area contributed by atoms with Crippen LogP contribution in [0, 0.1) is 0 Å². The number of anilines is 1. The summed E-state index contributed by atoms with van der Waals surface area (Å²) in [5.41, 5.74) is 2.75. The van der Waals surface area contributed by atoms with E-state index in [1.165, 1.54) is 11.3 Å². The number of benzene rings is 1. The lowest BCUT2D eigenvalue weighted by Crippen LogP contribution is -2.16. The van der Waals surface area contributed by atoms with Gasteiger partial charge in [0.2, 0.25) is 5.91 Å². The van der Waals surface area contributed by atoms with Gasteiger partial charge in [0.05, 0.1) is 12.1 Å². The molecule has 1 N–H and O–H groups in total. The summed E-state index contributed by atoms with van der Waals surface area (Å²) in [5.74, 6) is 0.716. The molecule has 3 aromatic heterocycles. The average Bonchev–Trinajstić information content (AvgIpc) is 3.23. The van der Waals surface area contributed by atoms with Gasteiger partial charge in [-0.3, -0.25) is 9.78 Å². The van der Waals surface area contributed by atoms with Crippen LogP contribution in [0.5, 0.6) is 5.75 Å². The van der Waals surface area contributed by atoms with Crippen LogP contribution in [0.1, 0.15) is 11.3 Å². The Labute approximate surface area is 172 Å². The Bertz CT molecular complexity index is 1080. The Balaban J connectivity index is 1.39. The van der Waals surface area contributed by atoms with E-state index >= 15 is 0 Å². The van der Waals surface area contributed by atoms with E-state index in [4.69, 9.17) is 4.74 Å². The smallest absolute Gasteiger partial charge is 0.231 e. The van der Waals surface area contributed by atoms with Crippen molar-refractivity contribution in [1.29, 1.82) is 0 Å². The molecule has 0 fully saturated rings. The molecule has 0 saturated heterocycles. The zero-order valence-electron chi connectivity index (χ0n) is 15.5. The SMILES string of the molecule is O=C(Cc1csc(-c2ccccc2)n1)Nc1ncccc1OCc1ccncc1. The van der Waals surface area contributed by atoms with Gasteiger partial charge >= 0.3 is 0 Å². The molecule has 6 nitrogen and oxygen atoms in total. The van der Waals surface area contributed by atoms with E-state index in [1.807, 2.05) is 47.8 Å². The van der Waals surface area contributed by atoms with Crippen molar-refractivity contribution in [2.75, 3.05) is 5.32 Å². The van der Waals surface area contributed by atoms with Crippen LogP contribution in [0.4, 0.5) is 5.82 Å². The Hall–Kier alpha value is -3.58. The molecular formula is C22H18N4O2S. The van der Waals surface area contributed by atoms with Crippen LogP contribution >= 0.6 is 11.3 Å². The van der Waals surface area contributed by atoms with Crippen LogP contribution in [-0.4, -0.2) is 20.9 Å². The Morgan fingerprint density at radius 3 is 2.66 bits per heavy atom. The summed E-state index contributed by atoms with van der Waals surface area (Å²) >= 11 is 1.52. The molecule has 7 heteroatoms. The van der Waals surface area contributed by atoms with E-state index in [0.29, 0.717) is 18.2 Å². The third-order valence-corrected chi connectivity index (χ3v) is 5.03. The number of nitrogens with zero attached hydrogens (tertiary/aromatic N) is 3. The lowest BCUT2D eigenvalue weighted by molar-refractivity contribution is -0.115. The molecule has 0 unspecified atom stereocenters. The first-order valence-corrected chi connectivity index (χ1v) is 9.92. The standard InChI is InChI=1S/C22H18N4O2S/c27-20(13-18-15-29-22(25-18)17-5-2-1-3-6-17)26-21-19(7-4-10-24-21)28-14-16-8-11-23-12-9-16/h1-12,15H,13-14H2,(H,24,26,27). The minimum atomic E-state index is -0.192. The number of aromatic nitrogens is 3. The zero-order chi connectivity index (χ0) is 19.9. The van der Waals surface area contributed by atoms with Crippen molar-refractivity contribution in [3.8, 4) is 16.3 Å². The summed E-state index contributed by atoms with van der Waals surface area (Å²) in [6.07, 6.45) is 5.21. The zero-order valence-corrected chi connectivity index (χ0v) is 16.3. The molecule has 0 saturated carbocycles. The molecular weight excluding hydrogens is 384 g/mol. The van der Waals surface area contributed by atoms with Crippen molar-refractivity contribution in [1.82, 2.24) is 15.0 Å². The maximum absolute atomic E-state index is 12.5. The molecule has 4 aromatic rings. The monoisotopic (exact) mass is 402 g/mol. The first-order chi connectivity index (χ1) is 14.3. The third-order valence-electron chi connectivity index (χ3n) is 4.09. The van der Waals surface area contributed by atoms with Gasteiger partial charge in [0, 0.05) is 29.5 Å². The number of amides is 1. The molecule has 0 spiro atoms. The summed E-state index contributed by atoms with van der Waals surface area (Å²) in [6.45, 7) is 0.365. The fourth-order valence-electron chi connectivity index (χ4n) is 2.68. The molecule has 4 rings (SSSR count). The molecule has 0 bridgehead atoms. The van der Waals surface area contributed by atoms with Crippen LogP contribution in [0.3, 0.4) is 0 Å². The second-order valence-corrected chi connectivity index (χ2v) is 7.09. The fourth-order valence-corrected chi connectivity index (χ4v) is 3.51. The van der Waals surface area contributed by atoms with Crippen molar-refractivity contribution >= 4 is 23.1 Å². The molecule has 0 aliphatic carbocycles. The molecule has 1 aromatic carbocycles. The van der Waals surface area contributed by atoms with Crippen molar-refractivity contribution in [2.45, 2.75) is 13.0 Å². The number of ether oxygens (including phenoxy) is 1. The molecule has 0 aliphatic rings. The van der Waals surface area contributed by atoms with Crippen molar-refractivity contribution in [3.05, 3.63) is 89.8 Å². The fraction of sp³-hybridized carbons (Fsp3) is 0.0909. The van der Waals surface area contributed by atoms with Gasteiger partial charge in [-0.1, -0.05) is 30.3 Å². The summed E-state index contributed by atoms with van der Waals surface area (Å²) in [5, 5.41) is 5.62. The predicted octanol–water partition coefficient (Wildman–Crippen LogP) is 4.36. The minimum Gasteiger partial charge on any atom is -0.485 e. The normalized spacial score (nSPS) is 10.5. The average molecular weight is 402 g/mol. The third kappa shape index (κ3) is 5.03. The summed E-state index contributed by atoms with van der Waals surface area (Å²) in [7, 11) is 0. The summed E-state index contributed by atoms with van der Waals surface area (Å²) < 4.78 is 5.82. The number of carbonyl (C=O) groups is 1. The topological polar surface area (TPSA) is 77.0 Å². The molecule has 29 heavy (non-hydrogen) atoms. The Kier molecular flexibility index (Phi) is 5.87. The van der Waals surface area contributed by atoms with Crippen LogP contribution in [0.15, 0.2) is 78.6 Å². The van der Waals surface area contributed by atoms with Gasteiger partial charge in [0.15, 0.2) is 11.6 Å². The second-order valence-electron chi connectivity index (χ2n) is 6.23. The lowest BCUT2D eigenvalue weighted by Gasteiger charge is -2.11. The maximum atomic E-state index is 12.5. The quantitative estimate of drug-likeness (QED) is 0.497. The molecule has 0 atom stereocenters. The second kappa shape index (κ2) is 9.07. The highest BCUT2D eigenvalue weighted by Crippen LogP contribution is 2.25. The lowest BCUT2D eigenvalue weighted by atomic mass is 10.2. The molecule has 3 heterocycles. The van der Waals surface area contributed by atoms with Crippen LogP contribution in [0.25, 0.3) is 10.6 Å². The highest BCUT2D eigenvalue weighted by Gasteiger charge is 2.12. The molecule has 1 amide bonds. The van der Waals surface area contributed by atoms with E-state index < -0.39 is 0 Å². The van der Waals surface area contributed by atoms with Crippen LogP contribution in [0.2, 0.25) is 0 Å². The molecule has 144 valence electrons. The van der Waals surface area contributed by atoms with Crippen molar-refractivity contribution in [2.24, 2.45) is 0 Å². The number of hydrogen-bond acceptors (Lipinski definition) is 6. The van der Waals surface area contributed by atoms with E-state index in [2.05, 4.69) is 20.3 Å². The van der Waals surface area contributed by atoms with Crippen molar-refractivity contribution < 1.29 is 9.53 Å². The van der Waals surface area contributed by atoms with Gasteiger partial charge in [-0.15, -0.1) is 11.3 Å². The molecule has 0 radical (unpaired) electrons. The Morgan fingerprint density at radius 1 is 1.00 bits per heavy atom. The molecule has 0 aliphatic heterocycles. The number of thiazole rings is 1.